The number of hydrogen-bond donors (Lipinski definition) is 1. The number of nitrogens with two attached hydrogens (primary N) is 1. The molecule has 0 bridgehead atoms. The van der Waals surface area contributed by atoms with Crippen molar-refractivity contribution in [3.05, 3.63) is 30.1 Å². The van der Waals surface area contributed by atoms with Crippen LogP contribution in [0.5, 0.6) is 0 Å². The number of rotatable bonds is 1. The molecule has 0 spiro atoms. The van der Waals surface area contributed by atoms with Gasteiger partial charge in [0.05, 0.1) is 0 Å². The molecule has 2 aromatic heterocycles. The zero-order valence-corrected chi connectivity index (χ0v) is 9.40. The van der Waals surface area contributed by atoms with Crippen LogP contribution in [0.2, 0.25) is 0 Å². The van der Waals surface area contributed by atoms with Gasteiger partial charge in [-0.05, 0) is 18.6 Å². The van der Waals surface area contributed by atoms with Crippen molar-refractivity contribution in [3.8, 4) is 10.6 Å². The molecule has 5 nitrogen and oxygen atoms in total. The second kappa shape index (κ2) is 3.28. The average Bonchev–Trinajstić information content (AvgIpc) is 2.81. The Bertz CT molecular complexity index is 626. The molecule has 0 aliphatic rings. The number of hydrogen-bond acceptors (Lipinski definition) is 5. The highest BCUT2D eigenvalue weighted by Gasteiger charge is 2.08. The second-order valence-electron chi connectivity index (χ2n) is 3.54. The highest BCUT2D eigenvalue weighted by atomic mass is 32.1. The molecule has 0 fully saturated rings. The molecule has 0 aliphatic heterocycles. The van der Waals surface area contributed by atoms with Crippen LogP contribution in [-0.2, 0) is 0 Å². The molecule has 3 rings (SSSR count). The van der Waals surface area contributed by atoms with Crippen LogP contribution in [0.1, 0.15) is 5.56 Å². The van der Waals surface area contributed by atoms with Crippen molar-refractivity contribution in [1.82, 2.24) is 19.8 Å². The lowest BCUT2D eigenvalue weighted by Crippen LogP contribution is -1.90. The summed E-state index contributed by atoms with van der Waals surface area (Å²) in [6.45, 7) is 1.98. The van der Waals surface area contributed by atoms with Crippen molar-refractivity contribution in [2.75, 3.05) is 5.73 Å². The molecule has 2 heterocycles. The summed E-state index contributed by atoms with van der Waals surface area (Å²) < 4.78 is 1.66. The van der Waals surface area contributed by atoms with E-state index in [0.717, 1.165) is 26.8 Å². The molecule has 0 saturated heterocycles. The maximum Gasteiger partial charge on any atom is 0.234 e. The molecule has 0 aliphatic carbocycles. The van der Waals surface area contributed by atoms with Gasteiger partial charge in [-0.15, -0.1) is 10.2 Å². The Hall–Kier alpha value is -1.95. The average molecular weight is 231 g/mol. The molecular formula is C10H9N5S. The molecule has 3 aromatic rings. The third kappa shape index (κ3) is 1.35. The minimum absolute atomic E-state index is 0.781. The Kier molecular flexibility index (Phi) is 1.90. The number of aromatic nitrogens is 4. The van der Waals surface area contributed by atoms with E-state index in [2.05, 4.69) is 15.3 Å². The van der Waals surface area contributed by atoms with E-state index in [9.17, 15) is 0 Å². The van der Waals surface area contributed by atoms with Crippen LogP contribution >= 0.6 is 11.3 Å². The highest BCUT2D eigenvalue weighted by Crippen LogP contribution is 2.27. The SMILES string of the molecule is Cc1ccc(-c2nn3cnnc3s2)cc1N. The van der Waals surface area contributed by atoms with E-state index in [4.69, 9.17) is 5.73 Å². The number of anilines is 1. The number of nitrogens with zero attached hydrogens (tertiary/aromatic N) is 4. The maximum atomic E-state index is 5.87. The van der Waals surface area contributed by atoms with Gasteiger partial charge >= 0.3 is 0 Å². The maximum absolute atomic E-state index is 5.87. The summed E-state index contributed by atoms with van der Waals surface area (Å²) in [6.07, 6.45) is 1.59. The number of nitrogen functional groups attached to an aromatic ring is 1. The molecule has 0 saturated carbocycles. The first-order valence-electron chi connectivity index (χ1n) is 4.77. The number of benzene rings is 1. The Balaban J connectivity index is 2.15. The fourth-order valence-corrected chi connectivity index (χ4v) is 2.27. The summed E-state index contributed by atoms with van der Waals surface area (Å²) in [5, 5.41) is 13.0. The van der Waals surface area contributed by atoms with Crippen molar-refractivity contribution in [3.63, 3.8) is 0 Å². The van der Waals surface area contributed by atoms with Crippen LogP contribution in [-0.4, -0.2) is 19.8 Å². The van der Waals surface area contributed by atoms with Crippen LogP contribution in [0.4, 0.5) is 5.69 Å². The molecule has 1 aromatic carbocycles. The predicted molar refractivity (Wildman–Crippen MR) is 63.2 cm³/mol. The normalized spacial score (nSPS) is 11.1. The molecule has 0 unspecified atom stereocenters. The van der Waals surface area contributed by atoms with Gasteiger partial charge in [0, 0.05) is 11.3 Å². The van der Waals surface area contributed by atoms with Gasteiger partial charge in [0.15, 0.2) is 0 Å². The zero-order valence-electron chi connectivity index (χ0n) is 8.58. The topological polar surface area (TPSA) is 69.1 Å². The Labute approximate surface area is 95.5 Å². The fourth-order valence-electron chi connectivity index (χ4n) is 1.45. The molecule has 0 atom stereocenters. The molecule has 0 amide bonds. The lowest BCUT2D eigenvalue weighted by atomic mass is 10.1. The van der Waals surface area contributed by atoms with E-state index in [-0.39, 0.29) is 0 Å². The summed E-state index contributed by atoms with van der Waals surface area (Å²) >= 11 is 1.49. The Morgan fingerprint density at radius 1 is 1.38 bits per heavy atom. The molecule has 16 heavy (non-hydrogen) atoms. The first-order valence-corrected chi connectivity index (χ1v) is 5.59. The van der Waals surface area contributed by atoms with Crippen LogP contribution in [0.25, 0.3) is 15.5 Å². The quantitative estimate of drug-likeness (QED) is 0.648. The third-order valence-electron chi connectivity index (χ3n) is 2.41. The van der Waals surface area contributed by atoms with Gasteiger partial charge in [-0.3, -0.25) is 0 Å². The number of fused-ring (bicyclic) bond motifs is 1. The van der Waals surface area contributed by atoms with Crippen molar-refractivity contribution in [2.45, 2.75) is 6.92 Å². The predicted octanol–water partition coefficient (Wildman–Crippen LogP) is 1.74. The summed E-state index contributed by atoms with van der Waals surface area (Å²) in [5.41, 5.74) is 8.74. The third-order valence-corrected chi connectivity index (χ3v) is 3.37. The van der Waals surface area contributed by atoms with Crippen LogP contribution < -0.4 is 5.73 Å². The van der Waals surface area contributed by atoms with Crippen LogP contribution in [0.15, 0.2) is 24.5 Å². The molecule has 6 heteroatoms. The first-order chi connectivity index (χ1) is 7.74. The highest BCUT2D eigenvalue weighted by molar-refractivity contribution is 7.19. The van der Waals surface area contributed by atoms with Gasteiger partial charge in [-0.1, -0.05) is 23.5 Å². The van der Waals surface area contributed by atoms with Crippen molar-refractivity contribution in [1.29, 1.82) is 0 Å². The van der Waals surface area contributed by atoms with E-state index in [1.165, 1.54) is 11.3 Å². The summed E-state index contributed by atoms with van der Waals surface area (Å²) in [4.78, 5) is 0.786. The monoisotopic (exact) mass is 231 g/mol. The molecular weight excluding hydrogens is 222 g/mol. The summed E-state index contributed by atoms with van der Waals surface area (Å²) in [6, 6.07) is 5.94. The van der Waals surface area contributed by atoms with Gasteiger partial charge in [0.25, 0.3) is 0 Å². The van der Waals surface area contributed by atoms with Crippen LogP contribution in [0, 0.1) is 6.92 Å². The first kappa shape index (κ1) is 9.29. The van der Waals surface area contributed by atoms with E-state index in [1.807, 2.05) is 25.1 Å². The second-order valence-corrected chi connectivity index (χ2v) is 4.49. The fraction of sp³-hybridized carbons (Fsp3) is 0.100. The minimum atomic E-state index is 0.781. The van der Waals surface area contributed by atoms with E-state index in [1.54, 1.807) is 10.8 Å². The van der Waals surface area contributed by atoms with Crippen molar-refractivity contribution < 1.29 is 0 Å². The number of aryl methyl sites for hydroxylation is 1. The van der Waals surface area contributed by atoms with Crippen LogP contribution in [0.3, 0.4) is 0 Å². The lowest BCUT2D eigenvalue weighted by molar-refractivity contribution is 0.960. The minimum Gasteiger partial charge on any atom is -0.398 e. The Morgan fingerprint density at radius 3 is 3.00 bits per heavy atom. The van der Waals surface area contributed by atoms with Crippen molar-refractivity contribution >= 4 is 22.0 Å². The summed E-state index contributed by atoms with van der Waals surface area (Å²) in [5.74, 6) is 0. The van der Waals surface area contributed by atoms with Gasteiger partial charge in [-0.2, -0.15) is 9.61 Å². The zero-order chi connectivity index (χ0) is 11.1. The smallest absolute Gasteiger partial charge is 0.234 e. The summed E-state index contributed by atoms with van der Waals surface area (Å²) in [7, 11) is 0. The molecule has 0 radical (unpaired) electrons. The van der Waals surface area contributed by atoms with E-state index >= 15 is 0 Å². The van der Waals surface area contributed by atoms with Gasteiger partial charge < -0.3 is 5.73 Å². The Morgan fingerprint density at radius 2 is 2.25 bits per heavy atom. The lowest BCUT2D eigenvalue weighted by Gasteiger charge is -2.01. The van der Waals surface area contributed by atoms with Gasteiger partial charge in [0.1, 0.15) is 11.3 Å². The van der Waals surface area contributed by atoms with Crippen molar-refractivity contribution in [2.24, 2.45) is 0 Å². The largest absolute Gasteiger partial charge is 0.398 e. The van der Waals surface area contributed by atoms with E-state index in [0.29, 0.717) is 0 Å². The molecule has 80 valence electrons. The standard InChI is InChI=1S/C10H9N5S/c1-6-2-3-7(4-8(6)11)9-14-15-5-12-13-10(15)16-9/h2-5H,11H2,1H3. The van der Waals surface area contributed by atoms with Gasteiger partial charge in [0.2, 0.25) is 4.96 Å². The molecule has 2 N–H and O–H groups in total. The van der Waals surface area contributed by atoms with Gasteiger partial charge in [-0.25, -0.2) is 0 Å². The van der Waals surface area contributed by atoms with E-state index < -0.39 is 0 Å².